The number of aromatic nitrogens is 2. The molecule has 1 N–H and O–H groups in total. The number of aryl methyl sites for hydroxylation is 2. The number of ketones is 1. The van der Waals surface area contributed by atoms with E-state index < -0.39 is 23.5 Å². The maximum Gasteiger partial charge on any atom is 0.295 e. The van der Waals surface area contributed by atoms with Gasteiger partial charge in [0, 0.05) is 32.4 Å². The summed E-state index contributed by atoms with van der Waals surface area (Å²) in [5, 5.41) is 11.5. The van der Waals surface area contributed by atoms with Gasteiger partial charge in [-0.1, -0.05) is 18.2 Å². The number of aliphatic hydroxyl groups excluding tert-OH is 1. The Morgan fingerprint density at radius 3 is 2.66 bits per heavy atom. The molecule has 2 aliphatic heterocycles. The third-order valence-corrected chi connectivity index (χ3v) is 6.71. The summed E-state index contributed by atoms with van der Waals surface area (Å²) in [5.41, 5.74) is 2.78. The highest BCUT2D eigenvalue weighted by molar-refractivity contribution is 6.46. The smallest absolute Gasteiger partial charge is 0.295 e. The lowest BCUT2D eigenvalue weighted by Crippen LogP contribution is -2.42. The SMILES string of the molecule is Cc1nc2c(C)cccn2c1C(O)=C1C(=O)C(=O)N(CCN2CCOCC2)[C@H]1c1cccc(F)c1. The lowest BCUT2D eigenvalue weighted by molar-refractivity contribution is -0.140. The van der Waals surface area contributed by atoms with Crippen LogP contribution < -0.4 is 0 Å². The van der Waals surface area contributed by atoms with Gasteiger partial charge in [-0.2, -0.15) is 0 Å². The quantitative estimate of drug-likeness (QED) is 0.345. The summed E-state index contributed by atoms with van der Waals surface area (Å²) in [4.78, 5) is 34.7. The van der Waals surface area contributed by atoms with E-state index in [0.29, 0.717) is 42.4 Å². The van der Waals surface area contributed by atoms with E-state index >= 15 is 0 Å². The predicted molar refractivity (Wildman–Crippen MR) is 127 cm³/mol. The highest BCUT2D eigenvalue weighted by Gasteiger charge is 2.46. The van der Waals surface area contributed by atoms with E-state index in [9.17, 15) is 19.1 Å². The van der Waals surface area contributed by atoms with Crippen molar-refractivity contribution in [1.82, 2.24) is 19.2 Å². The zero-order valence-corrected chi connectivity index (χ0v) is 19.7. The number of pyridine rings is 1. The molecule has 0 saturated carbocycles. The number of ether oxygens (including phenoxy) is 1. The Morgan fingerprint density at radius 2 is 1.91 bits per heavy atom. The third kappa shape index (κ3) is 4.11. The molecule has 8 nitrogen and oxygen atoms in total. The number of imidazole rings is 1. The van der Waals surface area contributed by atoms with Crippen molar-refractivity contribution in [2.75, 3.05) is 39.4 Å². The van der Waals surface area contributed by atoms with Gasteiger partial charge in [0.25, 0.3) is 11.7 Å². The van der Waals surface area contributed by atoms with Gasteiger partial charge in [-0.05, 0) is 43.2 Å². The third-order valence-electron chi connectivity index (χ3n) is 6.71. The number of hydrogen-bond donors (Lipinski definition) is 1. The molecule has 2 saturated heterocycles. The number of likely N-dealkylation sites (tertiary alicyclic amines) is 1. The van der Waals surface area contributed by atoms with E-state index in [-0.39, 0.29) is 17.9 Å². The lowest BCUT2D eigenvalue weighted by atomic mass is 9.96. The fourth-order valence-electron chi connectivity index (χ4n) is 4.94. The first-order chi connectivity index (χ1) is 16.9. The van der Waals surface area contributed by atoms with Gasteiger partial charge >= 0.3 is 0 Å². The molecule has 1 aromatic carbocycles. The molecule has 182 valence electrons. The summed E-state index contributed by atoms with van der Waals surface area (Å²) in [6, 6.07) is 8.63. The van der Waals surface area contributed by atoms with E-state index in [1.165, 1.54) is 23.1 Å². The van der Waals surface area contributed by atoms with E-state index in [0.717, 1.165) is 18.7 Å². The number of carbonyl (C=O) groups excluding carboxylic acids is 2. The van der Waals surface area contributed by atoms with Gasteiger partial charge in [0.15, 0.2) is 5.76 Å². The lowest BCUT2D eigenvalue weighted by Gasteiger charge is -2.31. The average Bonchev–Trinajstić information content (AvgIpc) is 3.32. The first kappa shape index (κ1) is 23.2. The molecule has 0 spiro atoms. The highest BCUT2D eigenvalue weighted by atomic mass is 19.1. The topological polar surface area (TPSA) is 87.4 Å². The summed E-state index contributed by atoms with van der Waals surface area (Å²) in [5.74, 6) is -2.30. The molecule has 0 radical (unpaired) electrons. The van der Waals surface area contributed by atoms with Crippen molar-refractivity contribution >= 4 is 23.1 Å². The largest absolute Gasteiger partial charge is 0.505 e. The number of fused-ring (bicyclic) bond motifs is 1. The number of nitrogens with zero attached hydrogens (tertiary/aromatic N) is 4. The maximum absolute atomic E-state index is 14.2. The van der Waals surface area contributed by atoms with Crippen molar-refractivity contribution in [3.63, 3.8) is 0 Å². The summed E-state index contributed by atoms with van der Waals surface area (Å²) in [6.07, 6.45) is 1.75. The fraction of sp³-hybridized carbons (Fsp3) is 0.346. The number of morpholine rings is 1. The summed E-state index contributed by atoms with van der Waals surface area (Å²) in [6.45, 7) is 7.13. The number of hydrogen-bond acceptors (Lipinski definition) is 6. The Morgan fingerprint density at radius 1 is 1.14 bits per heavy atom. The normalized spacial score (nSPS) is 20.8. The van der Waals surface area contributed by atoms with Crippen molar-refractivity contribution in [2.45, 2.75) is 19.9 Å². The molecule has 0 unspecified atom stereocenters. The molecule has 5 rings (SSSR count). The first-order valence-electron chi connectivity index (χ1n) is 11.7. The van der Waals surface area contributed by atoms with Gasteiger partial charge in [-0.15, -0.1) is 0 Å². The van der Waals surface area contributed by atoms with E-state index in [1.54, 1.807) is 23.6 Å². The van der Waals surface area contributed by atoms with Crippen molar-refractivity contribution in [2.24, 2.45) is 0 Å². The van der Waals surface area contributed by atoms with Gasteiger partial charge < -0.3 is 14.7 Å². The monoisotopic (exact) mass is 478 g/mol. The number of halogens is 1. The van der Waals surface area contributed by atoms with Gasteiger partial charge in [-0.25, -0.2) is 9.37 Å². The van der Waals surface area contributed by atoms with Gasteiger partial charge in [-0.3, -0.25) is 18.9 Å². The van der Waals surface area contributed by atoms with Gasteiger partial charge in [0.1, 0.15) is 17.2 Å². The molecule has 1 amide bonds. The van der Waals surface area contributed by atoms with Crippen LogP contribution in [0.3, 0.4) is 0 Å². The minimum absolute atomic E-state index is 0.0611. The van der Waals surface area contributed by atoms with Crippen molar-refractivity contribution in [1.29, 1.82) is 0 Å². The van der Waals surface area contributed by atoms with Crippen LogP contribution in [0.2, 0.25) is 0 Å². The molecule has 2 aromatic heterocycles. The molecule has 1 atom stereocenters. The van der Waals surface area contributed by atoms with Gasteiger partial charge in [0.2, 0.25) is 0 Å². The van der Waals surface area contributed by atoms with E-state index in [4.69, 9.17) is 4.74 Å². The van der Waals surface area contributed by atoms with Crippen LogP contribution in [0.25, 0.3) is 11.4 Å². The van der Waals surface area contributed by atoms with Gasteiger partial charge in [0.05, 0.1) is 30.5 Å². The number of rotatable bonds is 5. The molecule has 2 fully saturated rings. The zero-order chi connectivity index (χ0) is 24.7. The number of carbonyl (C=O) groups is 2. The van der Waals surface area contributed by atoms with Crippen LogP contribution >= 0.6 is 0 Å². The van der Waals surface area contributed by atoms with E-state index in [1.807, 2.05) is 19.1 Å². The van der Waals surface area contributed by atoms with Crippen molar-refractivity contribution in [3.05, 3.63) is 76.5 Å². The standard InChI is InChI=1S/C26H27FN4O4/c1-16-5-4-8-30-21(17(2)28-25(16)30)23(32)20-22(18-6-3-7-19(27)15-18)31(26(34)24(20)33)10-9-29-11-13-35-14-12-29/h3-8,15,22,32H,9-14H2,1-2H3/t22-/m0/s1. The molecular weight excluding hydrogens is 451 g/mol. The molecule has 35 heavy (non-hydrogen) atoms. The summed E-state index contributed by atoms with van der Waals surface area (Å²) < 4.78 is 21.3. The Bertz CT molecular complexity index is 1340. The minimum Gasteiger partial charge on any atom is -0.505 e. The number of aliphatic hydroxyl groups is 1. The second-order valence-electron chi connectivity index (χ2n) is 8.93. The minimum atomic E-state index is -0.915. The summed E-state index contributed by atoms with van der Waals surface area (Å²) in [7, 11) is 0. The Hall–Kier alpha value is -3.56. The predicted octanol–water partition coefficient (Wildman–Crippen LogP) is 2.84. The van der Waals surface area contributed by atoms with Crippen LogP contribution in [0.1, 0.15) is 28.6 Å². The molecular formula is C26H27FN4O4. The highest BCUT2D eigenvalue weighted by Crippen LogP contribution is 2.40. The molecule has 0 bridgehead atoms. The maximum atomic E-state index is 14.2. The van der Waals surface area contributed by atoms with Crippen molar-refractivity contribution < 1.29 is 23.8 Å². The van der Waals surface area contributed by atoms with Crippen LogP contribution in [0.4, 0.5) is 4.39 Å². The number of Topliss-reactive ketones (excluding diaryl/α,β-unsaturated/α-hetero) is 1. The summed E-state index contributed by atoms with van der Waals surface area (Å²) >= 11 is 0. The molecule has 9 heteroatoms. The Labute approximate surface area is 202 Å². The van der Waals surface area contributed by atoms with E-state index in [2.05, 4.69) is 9.88 Å². The molecule has 3 aromatic rings. The molecule has 2 aliphatic rings. The van der Waals surface area contributed by atoms with Crippen LogP contribution in [0.5, 0.6) is 0 Å². The number of benzene rings is 1. The number of amides is 1. The molecule has 4 heterocycles. The molecule has 0 aliphatic carbocycles. The van der Waals surface area contributed by atoms with Crippen LogP contribution in [0, 0.1) is 19.7 Å². The Balaban J connectivity index is 1.63. The first-order valence-corrected chi connectivity index (χ1v) is 11.7. The second-order valence-corrected chi connectivity index (χ2v) is 8.93. The van der Waals surface area contributed by atoms with Crippen molar-refractivity contribution in [3.8, 4) is 0 Å². The zero-order valence-electron chi connectivity index (χ0n) is 19.7. The van der Waals surface area contributed by atoms with Crippen LogP contribution in [-0.4, -0.2) is 75.4 Å². The second kappa shape index (κ2) is 9.24. The van der Waals surface area contributed by atoms with Crippen LogP contribution in [0.15, 0.2) is 48.2 Å². The van der Waals surface area contributed by atoms with Crippen LogP contribution in [-0.2, 0) is 14.3 Å². The fourth-order valence-corrected chi connectivity index (χ4v) is 4.94. The Kier molecular flexibility index (Phi) is 6.12. The average molecular weight is 479 g/mol.